The molecule has 3 N–H and O–H groups in total. The predicted octanol–water partition coefficient (Wildman–Crippen LogP) is 6.01. The van der Waals surface area contributed by atoms with Crippen molar-refractivity contribution in [3.8, 4) is 11.5 Å². The molecular weight excluding hydrogens is 342 g/mol. The first kappa shape index (κ1) is 21.1. The minimum absolute atomic E-state index is 0. The van der Waals surface area contributed by atoms with Crippen LogP contribution in [0.5, 0.6) is 11.5 Å². The number of hydrogen-bond acceptors (Lipinski definition) is 3. The molecule has 0 aliphatic rings. The fourth-order valence-electron chi connectivity index (χ4n) is 2.48. The van der Waals surface area contributed by atoms with Crippen molar-refractivity contribution in [2.75, 3.05) is 11.9 Å². The molecule has 0 saturated heterocycles. The zero-order valence-electron chi connectivity index (χ0n) is 13.8. The Bertz CT molecular complexity index is 385. The number of unbranched alkanes of at least 4 members (excludes halogenated alkanes) is 9. The Kier molecular flexibility index (Phi) is 13.2. The number of rotatable bonds is 12. The average Bonchev–Trinajstić information content (AvgIpc) is 2.48. The SMILES string of the molecule is Br.CCCCCCCCCCCCNc1ccc(O)c(O)c1. The first-order valence-electron chi connectivity index (χ1n) is 8.50. The third-order valence-corrected chi connectivity index (χ3v) is 3.83. The van der Waals surface area contributed by atoms with Crippen molar-refractivity contribution >= 4 is 22.7 Å². The summed E-state index contributed by atoms with van der Waals surface area (Å²) in [7, 11) is 0. The standard InChI is InChI=1S/C18H31NO2.BrH/c1-2-3-4-5-6-7-8-9-10-11-14-19-16-12-13-17(20)18(21)15-16;/h12-13,15,19-21H,2-11,14H2,1H3;1H. The highest BCUT2D eigenvalue weighted by atomic mass is 79.9. The molecule has 0 heterocycles. The van der Waals surface area contributed by atoms with Gasteiger partial charge in [0.25, 0.3) is 0 Å². The van der Waals surface area contributed by atoms with Gasteiger partial charge in [-0.05, 0) is 18.6 Å². The molecule has 3 nitrogen and oxygen atoms in total. The maximum absolute atomic E-state index is 9.39. The molecule has 0 radical (unpaired) electrons. The van der Waals surface area contributed by atoms with Crippen LogP contribution in [0.4, 0.5) is 5.69 Å². The molecule has 0 spiro atoms. The van der Waals surface area contributed by atoms with Crippen LogP contribution < -0.4 is 5.32 Å². The predicted molar refractivity (Wildman–Crippen MR) is 100 cm³/mol. The van der Waals surface area contributed by atoms with Crippen molar-refractivity contribution < 1.29 is 10.2 Å². The van der Waals surface area contributed by atoms with Gasteiger partial charge in [-0.3, -0.25) is 0 Å². The molecule has 4 heteroatoms. The maximum atomic E-state index is 9.39. The fourth-order valence-corrected chi connectivity index (χ4v) is 2.48. The molecule has 0 aliphatic carbocycles. The zero-order chi connectivity index (χ0) is 15.3. The van der Waals surface area contributed by atoms with Crippen molar-refractivity contribution in [2.24, 2.45) is 0 Å². The summed E-state index contributed by atoms with van der Waals surface area (Å²) in [6.07, 6.45) is 13.4. The topological polar surface area (TPSA) is 52.5 Å². The first-order chi connectivity index (χ1) is 10.2. The number of hydrogen-bond donors (Lipinski definition) is 3. The van der Waals surface area contributed by atoms with E-state index in [4.69, 9.17) is 0 Å². The van der Waals surface area contributed by atoms with E-state index in [0.29, 0.717) is 0 Å². The number of anilines is 1. The first-order valence-corrected chi connectivity index (χ1v) is 8.50. The van der Waals surface area contributed by atoms with Crippen LogP contribution in [-0.2, 0) is 0 Å². The largest absolute Gasteiger partial charge is 0.504 e. The molecule has 0 saturated carbocycles. The van der Waals surface area contributed by atoms with Gasteiger partial charge < -0.3 is 15.5 Å². The molecule has 1 aromatic rings. The van der Waals surface area contributed by atoms with Crippen LogP contribution >= 0.6 is 17.0 Å². The van der Waals surface area contributed by atoms with E-state index in [1.165, 1.54) is 63.9 Å². The lowest BCUT2D eigenvalue weighted by Gasteiger charge is -2.07. The van der Waals surface area contributed by atoms with E-state index in [2.05, 4.69) is 12.2 Å². The van der Waals surface area contributed by atoms with Gasteiger partial charge in [0.2, 0.25) is 0 Å². The Hall–Kier alpha value is -0.900. The van der Waals surface area contributed by atoms with Gasteiger partial charge in [0.15, 0.2) is 11.5 Å². The third kappa shape index (κ3) is 9.93. The molecule has 0 atom stereocenters. The van der Waals surface area contributed by atoms with Crippen LogP contribution in [0.3, 0.4) is 0 Å². The highest BCUT2D eigenvalue weighted by Crippen LogP contribution is 2.27. The lowest BCUT2D eigenvalue weighted by Crippen LogP contribution is -2.01. The summed E-state index contributed by atoms with van der Waals surface area (Å²) in [5.41, 5.74) is 0.862. The Morgan fingerprint density at radius 1 is 0.773 bits per heavy atom. The average molecular weight is 374 g/mol. The second kappa shape index (κ2) is 13.7. The van der Waals surface area contributed by atoms with Gasteiger partial charge in [0.05, 0.1) is 0 Å². The molecule has 22 heavy (non-hydrogen) atoms. The summed E-state index contributed by atoms with van der Waals surface area (Å²) in [5, 5.41) is 21.9. The van der Waals surface area contributed by atoms with E-state index >= 15 is 0 Å². The monoisotopic (exact) mass is 373 g/mol. The lowest BCUT2D eigenvalue weighted by atomic mass is 10.1. The van der Waals surface area contributed by atoms with E-state index in [0.717, 1.165) is 18.7 Å². The number of benzene rings is 1. The maximum Gasteiger partial charge on any atom is 0.159 e. The summed E-state index contributed by atoms with van der Waals surface area (Å²) >= 11 is 0. The lowest BCUT2D eigenvalue weighted by molar-refractivity contribution is 0.404. The smallest absolute Gasteiger partial charge is 0.159 e. The number of phenolic OH excluding ortho intramolecular Hbond substituents is 2. The molecule has 128 valence electrons. The number of aromatic hydroxyl groups is 2. The summed E-state index contributed by atoms with van der Waals surface area (Å²) in [6.45, 7) is 3.17. The summed E-state index contributed by atoms with van der Waals surface area (Å²) < 4.78 is 0. The fraction of sp³-hybridized carbons (Fsp3) is 0.667. The number of halogens is 1. The Labute approximate surface area is 145 Å². The van der Waals surface area contributed by atoms with Gasteiger partial charge in [-0.1, -0.05) is 64.7 Å². The third-order valence-electron chi connectivity index (χ3n) is 3.83. The Morgan fingerprint density at radius 3 is 1.86 bits per heavy atom. The molecule has 1 rings (SSSR count). The Morgan fingerprint density at radius 2 is 1.32 bits per heavy atom. The van der Waals surface area contributed by atoms with E-state index in [9.17, 15) is 10.2 Å². The molecule has 0 bridgehead atoms. The minimum atomic E-state index is -0.0699. The van der Waals surface area contributed by atoms with Crippen molar-refractivity contribution in [3.63, 3.8) is 0 Å². The van der Waals surface area contributed by atoms with Gasteiger partial charge in [-0.2, -0.15) is 0 Å². The van der Waals surface area contributed by atoms with Crippen molar-refractivity contribution in [2.45, 2.75) is 71.1 Å². The highest BCUT2D eigenvalue weighted by Gasteiger charge is 1.99. The summed E-state index contributed by atoms with van der Waals surface area (Å²) in [6, 6.07) is 4.85. The number of nitrogens with one attached hydrogen (secondary N) is 1. The van der Waals surface area contributed by atoms with Gasteiger partial charge in [-0.25, -0.2) is 0 Å². The van der Waals surface area contributed by atoms with E-state index < -0.39 is 0 Å². The van der Waals surface area contributed by atoms with Crippen LogP contribution in [0.2, 0.25) is 0 Å². The summed E-state index contributed by atoms with van der Waals surface area (Å²) in [4.78, 5) is 0. The second-order valence-corrected chi connectivity index (χ2v) is 5.81. The van der Waals surface area contributed by atoms with Crippen molar-refractivity contribution in [1.82, 2.24) is 0 Å². The van der Waals surface area contributed by atoms with Gasteiger partial charge in [0.1, 0.15) is 0 Å². The Balaban J connectivity index is 0.00000441. The van der Waals surface area contributed by atoms with Gasteiger partial charge in [-0.15, -0.1) is 17.0 Å². The van der Waals surface area contributed by atoms with Crippen LogP contribution in [0.15, 0.2) is 18.2 Å². The van der Waals surface area contributed by atoms with Crippen LogP contribution in [-0.4, -0.2) is 16.8 Å². The molecule has 0 unspecified atom stereocenters. The van der Waals surface area contributed by atoms with Crippen LogP contribution in [0.1, 0.15) is 71.1 Å². The van der Waals surface area contributed by atoms with Crippen LogP contribution in [0.25, 0.3) is 0 Å². The van der Waals surface area contributed by atoms with Crippen LogP contribution in [0, 0.1) is 0 Å². The molecule has 0 aliphatic heterocycles. The highest BCUT2D eigenvalue weighted by molar-refractivity contribution is 8.93. The van der Waals surface area contributed by atoms with E-state index in [-0.39, 0.29) is 28.5 Å². The quantitative estimate of drug-likeness (QED) is 0.239. The van der Waals surface area contributed by atoms with Gasteiger partial charge in [0, 0.05) is 18.3 Å². The van der Waals surface area contributed by atoms with Crippen molar-refractivity contribution in [3.05, 3.63) is 18.2 Å². The molecule has 0 aromatic heterocycles. The molecule has 1 aromatic carbocycles. The van der Waals surface area contributed by atoms with E-state index in [1.54, 1.807) is 12.1 Å². The molecular formula is C18H32BrNO2. The summed E-state index contributed by atoms with van der Waals surface area (Å²) in [5.74, 6) is -0.137. The number of phenols is 2. The molecule has 0 amide bonds. The minimum Gasteiger partial charge on any atom is -0.504 e. The van der Waals surface area contributed by atoms with Crippen molar-refractivity contribution in [1.29, 1.82) is 0 Å². The normalized spacial score (nSPS) is 10.2. The van der Waals surface area contributed by atoms with E-state index in [1.807, 2.05) is 0 Å². The van der Waals surface area contributed by atoms with Gasteiger partial charge >= 0.3 is 0 Å². The molecule has 0 fully saturated rings. The second-order valence-electron chi connectivity index (χ2n) is 5.81. The zero-order valence-corrected chi connectivity index (χ0v) is 15.5.